The van der Waals surface area contributed by atoms with Crippen molar-refractivity contribution in [3.63, 3.8) is 0 Å². The van der Waals surface area contributed by atoms with E-state index in [9.17, 15) is 4.79 Å². The number of nitrogens with two attached hydrogens (primary N) is 1. The summed E-state index contributed by atoms with van der Waals surface area (Å²) in [5.41, 5.74) is 5.37. The normalized spacial score (nSPS) is 12.5. The van der Waals surface area contributed by atoms with Crippen molar-refractivity contribution in [1.82, 2.24) is 5.32 Å². The molecule has 0 heterocycles. The van der Waals surface area contributed by atoms with E-state index in [0.29, 0.717) is 26.3 Å². The smallest absolute Gasteiger partial charge is 0.323 e. The van der Waals surface area contributed by atoms with Gasteiger partial charge in [-0.3, -0.25) is 10.1 Å². The Hall–Kier alpha value is -0.650. The first-order chi connectivity index (χ1) is 6.76. The molecule has 5 heteroatoms. The molecule has 0 aromatic carbocycles. The lowest BCUT2D eigenvalue weighted by Crippen LogP contribution is -2.39. The fourth-order valence-corrected chi connectivity index (χ4v) is 1.05. The summed E-state index contributed by atoms with van der Waals surface area (Å²) in [6.07, 6.45) is 1.47. The number of ether oxygens (including phenoxy) is 2. The van der Waals surface area contributed by atoms with Gasteiger partial charge in [0, 0.05) is 7.11 Å². The first-order valence-electron chi connectivity index (χ1n) is 4.85. The third-order valence-electron chi connectivity index (χ3n) is 1.74. The molecular formula is C9H20N2O3. The van der Waals surface area contributed by atoms with Crippen LogP contribution in [0.1, 0.15) is 19.8 Å². The fraction of sp³-hybridized carbons (Fsp3) is 0.889. The van der Waals surface area contributed by atoms with E-state index in [-0.39, 0.29) is 12.0 Å². The molecule has 3 N–H and O–H groups in total. The molecule has 0 aliphatic rings. The van der Waals surface area contributed by atoms with Gasteiger partial charge in [-0.25, -0.2) is 0 Å². The number of rotatable bonds is 8. The van der Waals surface area contributed by atoms with Crippen molar-refractivity contribution in [2.45, 2.75) is 25.8 Å². The Bertz CT molecular complexity index is 145. The minimum absolute atomic E-state index is 0.238. The second-order valence-corrected chi connectivity index (χ2v) is 2.87. The standard InChI is InChI=1S/C9H20N2O3/c1-3-14-9(12)8(5-4-6-10)11-7-13-2/h8,11H,3-7,10H2,1-2H3. The second-order valence-electron chi connectivity index (χ2n) is 2.87. The molecule has 0 fully saturated rings. The quantitative estimate of drug-likeness (QED) is 0.425. The van der Waals surface area contributed by atoms with Crippen LogP contribution in [0.4, 0.5) is 0 Å². The molecule has 0 amide bonds. The molecule has 0 saturated carbocycles. The Morgan fingerprint density at radius 1 is 1.57 bits per heavy atom. The number of methoxy groups -OCH3 is 1. The molecule has 1 atom stereocenters. The molecule has 0 aromatic rings. The van der Waals surface area contributed by atoms with Crippen LogP contribution in [0.3, 0.4) is 0 Å². The Morgan fingerprint density at radius 3 is 2.79 bits per heavy atom. The van der Waals surface area contributed by atoms with E-state index in [0.717, 1.165) is 6.42 Å². The first kappa shape index (κ1) is 13.4. The van der Waals surface area contributed by atoms with Crippen LogP contribution in [-0.4, -0.2) is 39.0 Å². The van der Waals surface area contributed by atoms with Gasteiger partial charge in [-0.1, -0.05) is 0 Å². The Balaban J connectivity index is 3.88. The largest absolute Gasteiger partial charge is 0.465 e. The number of hydrogen-bond acceptors (Lipinski definition) is 5. The molecule has 0 aliphatic heterocycles. The number of carbonyl (C=O) groups excluding carboxylic acids is 1. The van der Waals surface area contributed by atoms with E-state index in [2.05, 4.69) is 5.32 Å². The molecule has 14 heavy (non-hydrogen) atoms. The average Bonchev–Trinajstić information content (AvgIpc) is 2.18. The Labute approximate surface area is 84.9 Å². The predicted octanol–water partition coefficient (Wildman–Crippen LogP) is -0.149. The third kappa shape index (κ3) is 5.90. The van der Waals surface area contributed by atoms with Gasteiger partial charge in [0.15, 0.2) is 0 Å². The van der Waals surface area contributed by atoms with Crippen LogP contribution in [0.15, 0.2) is 0 Å². The zero-order chi connectivity index (χ0) is 10.8. The van der Waals surface area contributed by atoms with E-state index in [1.807, 2.05) is 0 Å². The van der Waals surface area contributed by atoms with Gasteiger partial charge in [-0.15, -0.1) is 0 Å². The maximum atomic E-state index is 11.4. The van der Waals surface area contributed by atoms with Crippen molar-refractivity contribution < 1.29 is 14.3 Å². The molecule has 0 saturated heterocycles. The molecule has 0 aliphatic carbocycles. The van der Waals surface area contributed by atoms with Crippen LogP contribution >= 0.6 is 0 Å². The maximum absolute atomic E-state index is 11.4. The van der Waals surface area contributed by atoms with Crippen molar-refractivity contribution >= 4 is 5.97 Å². The summed E-state index contributed by atoms with van der Waals surface area (Å²) in [6.45, 7) is 3.10. The van der Waals surface area contributed by atoms with Crippen LogP contribution in [0.5, 0.6) is 0 Å². The van der Waals surface area contributed by atoms with Gasteiger partial charge in [0.2, 0.25) is 0 Å². The highest BCUT2D eigenvalue weighted by atomic mass is 16.5. The summed E-state index contributed by atoms with van der Waals surface area (Å²) < 4.78 is 9.73. The van der Waals surface area contributed by atoms with Crippen LogP contribution in [0.25, 0.3) is 0 Å². The van der Waals surface area contributed by atoms with Crippen LogP contribution in [-0.2, 0) is 14.3 Å². The van der Waals surface area contributed by atoms with Gasteiger partial charge in [0.05, 0.1) is 13.3 Å². The SMILES string of the molecule is CCOC(=O)C(CCCN)NCOC. The van der Waals surface area contributed by atoms with E-state index < -0.39 is 0 Å². The van der Waals surface area contributed by atoms with Gasteiger partial charge >= 0.3 is 5.97 Å². The van der Waals surface area contributed by atoms with Crippen molar-refractivity contribution in [1.29, 1.82) is 0 Å². The van der Waals surface area contributed by atoms with Crippen molar-refractivity contribution in [2.24, 2.45) is 5.73 Å². The summed E-state index contributed by atoms with van der Waals surface area (Å²) in [6, 6.07) is -0.307. The average molecular weight is 204 g/mol. The van der Waals surface area contributed by atoms with Crippen LogP contribution in [0.2, 0.25) is 0 Å². The molecule has 0 aromatic heterocycles. The Morgan fingerprint density at radius 2 is 2.29 bits per heavy atom. The fourth-order valence-electron chi connectivity index (χ4n) is 1.05. The van der Waals surface area contributed by atoms with Crippen LogP contribution in [0, 0.1) is 0 Å². The molecule has 5 nitrogen and oxygen atoms in total. The lowest BCUT2D eigenvalue weighted by Gasteiger charge is -2.16. The van der Waals surface area contributed by atoms with E-state index in [1.165, 1.54) is 0 Å². The highest BCUT2D eigenvalue weighted by molar-refractivity contribution is 5.75. The number of hydrogen-bond donors (Lipinski definition) is 2. The summed E-state index contributed by atoms with van der Waals surface area (Å²) in [5, 5.41) is 2.94. The van der Waals surface area contributed by atoms with Crippen LogP contribution < -0.4 is 11.1 Å². The minimum Gasteiger partial charge on any atom is -0.465 e. The van der Waals surface area contributed by atoms with Crippen molar-refractivity contribution in [2.75, 3.05) is 27.0 Å². The monoisotopic (exact) mass is 204 g/mol. The molecular weight excluding hydrogens is 184 g/mol. The molecule has 0 rings (SSSR count). The number of carbonyl (C=O) groups is 1. The van der Waals surface area contributed by atoms with Gasteiger partial charge in [-0.2, -0.15) is 0 Å². The summed E-state index contributed by atoms with van der Waals surface area (Å²) in [4.78, 5) is 11.4. The maximum Gasteiger partial charge on any atom is 0.323 e. The molecule has 0 radical (unpaired) electrons. The van der Waals surface area contributed by atoms with Crippen molar-refractivity contribution in [3.05, 3.63) is 0 Å². The highest BCUT2D eigenvalue weighted by Gasteiger charge is 2.17. The van der Waals surface area contributed by atoms with E-state index in [4.69, 9.17) is 15.2 Å². The molecule has 0 bridgehead atoms. The first-order valence-corrected chi connectivity index (χ1v) is 4.85. The summed E-state index contributed by atoms with van der Waals surface area (Å²) >= 11 is 0. The lowest BCUT2D eigenvalue weighted by molar-refractivity contribution is -0.146. The zero-order valence-corrected chi connectivity index (χ0v) is 8.91. The predicted molar refractivity (Wildman–Crippen MR) is 53.7 cm³/mol. The number of esters is 1. The van der Waals surface area contributed by atoms with Gasteiger partial charge in [0.1, 0.15) is 6.04 Å². The summed E-state index contributed by atoms with van der Waals surface area (Å²) in [7, 11) is 1.57. The van der Waals surface area contributed by atoms with Crippen molar-refractivity contribution in [3.8, 4) is 0 Å². The molecule has 1 unspecified atom stereocenters. The minimum atomic E-state index is -0.307. The van der Waals surface area contributed by atoms with E-state index >= 15 is 0 Å². The highest BCUT2D eigenvalue weighted by Crippen LogP contribution is 1.99. The molecule has 0 spiro atoms. The second kappa shape index (κ2) is 8.93. The topological polar surface area (TPSA) is 73.6 Å². The lowest BCUT2D eigenvalue weighted by atomic mass is 10.1. The van der Waals surface area contributed by atoms with Gasteiger partial charge < -0.3 is 15.2 Å². The van der Waals surface area contributed by atoms with Gasteiger partial charge in [0.25, 0.3) is 0 Å². The molecule has 84 valence electrons. The zero-order valence-electron chi connectivity index (χ0n) is 8.91. The summed E-state index contributed by atoms with van der Waals surface area (Å²) in [5.74, 6) is -0.238. The third-order valence-corrected chi connectivity index (χ3v) is 1.74. The van der Waals surface area contributed by atoms with Gasteiger partial charge in [-0.05, 0) is 26.3 Å². The number of nitrogens with one attached hydrogen (secondary N) is 1. The Kier molecular flexibility index (Phi) is 8.51. The van der Waals surface area contributed by atoms with E-state index in [1.54, 1.807) is 14.0 Å².